The lowest BCUT2D eigenvalue weighted by Gasteiger charge is -2.04. The molecule has 0 aromatic heterocycles. The minimum Gasteiger partial charge on any atom is -0.400 e. The molecule has 0 unspecified atom stereocenters. The summed E-state index contributed by atoms with van der Waals surface area (Å²) >= 11 is 0. The van der Waals surface area contributed by atoms with Crippen LogP contribution in [0.2, 0.25) is 0 Å². The topological polar surface area (TPSA) is 162 Å². The predicted molar refractivity (Wildman–Crippen MR) is 199 cm³/mol. The summed E-state index contributed by atoms with van der Waals surface area (Å²) in [5.74, 6) is 0. The first-order valence-corrected chi connectivity index (χ1v) is 18.1. The molecule has 8 nitrogen and oxygen atoms in total. The third-order valence-electron chi connectivity index (χ3n) is 7.25. The Hall–Kier alpha value is -0.320. The van der Waals surface area contributed by atoms with Crippen molar-refractivity contribution in [1.82, 2.24) is 0 Å². The van der Waals surface area contributed by atoms with Crippen LogP contribution in [-0.2, 0) is 0 Å². The Balaban J connectivity index is -0.000000123. The number of aliphatic hydroxyl groups excluding tert-OH is 8. The molecule has 1 aliphatic carbocycles. The zero-order chi connectivity index (χ0) is 36.5. The van der Waals surface area contributed by atoms with Crippen LogP contribution in [0.5, 0.6) is 0 Å². The smallest absolute Gasteiger partial charge is 0.0319 e. The minimum atomic E-state index is 1.00. The van der Waals surface area contributed by atoms with Gasteiger partial charge in [-0.25, -0.2) is 0 Å². The number of rotatable bonds is 0. The monoisotopic (exact) mass is 663 g/mol. The van der Waals surface area contributed by atoms with E-state index >= 15 is 0 Å². The molecule has 1 aliphatic rings. The second-order valence-corrected chi connectivity index (χ2v) is 10.3. The first-order valence-electron chi connectivity index (χ1n) is 18.1. The molecule has 8 heteroatoms. The lowest BCUT2D eigenvalue weighted by molar-refractivity contribution is 0.399. The Morgan fingerprint density at radius 3 is 0.156 bits per heavy atom. The molecule has 45 heavy (non-hydrogen) atoms. The highest BCUT2D eigenvalue weighted by atomic mass is 16.2. The van der Waals surface area contributed by atoms with Gasteiger partial charge in [0.05, 0.1) is 0 Å². The second-order valence-electron chi connectivity index (χ2n) is 10.3. The molecule has 0 spiro atoms. The normalized spacial score (nSPS) is 16.5. The van der Waals surface area contributed by atoms with Gasteiger partial charge < -0.3 is 40.9 Å². The van der Waals surface area contributed by atoms with Crippen molar-refractivity contribution in [1.29, 1.82) is 0 Å². The van der Waals surface area contributed by atoms with E-state index in [2.05, 4.69) is 0 Å². The van der Waals surface area contributed by atoms with Crippen molar-refractivity contribution in [3.63, 3.8) is 0 Å². The lowest BCUT2D eigenvalue weighted by Crippen LogP contribution is -1.84. The van der Waals surface area contributed by atoms with E-state index in [4.69, 9.17) is 40.9 Å². The molecule has 1 saturated carbocycles. The van der Waals surface area contributed by atoms with E-state index in [0.717, 1.165) is 56.9 Å². The third kappa shape index (κ3) is 92.3. The maximum Gasteiger partial charge on any atom is 0.0319 e. The molecule has 1 fully saturated rings. The van der Waals surface area contributed by atoms with Crippen LogP contribution >= 0.6 is 0 Å². The van der Waals surface area contributed by atoms with Crippen molar-refractivity contribution < 1.29 is 40.9 Å². The van der Waals surface area contributed by atoms with Gasteiger partial charge in [0.1, 0.15) is 0 Å². The molecule has 0 amide bonds. The maximum absolute atomic E-state index is 7.00. The Kier molecular flexibility index (Phi) is 136. The van der Waals surface area contributed by atoms with Crippen molar-refractivity contribution in [3.8, 4) is 0 Å². The zero-order valence-corrected chi connectivity index (χ0v) is 32.1. The van der Waals surface area contributed by atoms with Crippen molar-refractivity contribution in [2.75, 3.05) is 56.9 Å². The standard InChI is InChI=1S/C29H58.8CH4O/c1-2-4-6-8-10-12-14-16-18-20-22-24-26-28-29-27-25-23-21-19-17-15-13-11-9-7-5-3-1;8*1-2/h1-29H2;8*2H,1H3. The molecule has 0 bridgehead atoms. The van der Waals surface area contributed by atoms with E-state index in [1.807, 2.05) is 0 Å². The van der Waals surface area contributed by atoms with Gasteiger partial charge in [0.25, 0.3) is 0 Å². The molecule has 0 radical (unpaired) electrons. The molecular weight excluding hydrogens is 572 g/mol. The Labute approximate surface area is 283 Å². The molecule has 0 aromatic rings. The molecule has 0 atom stereocenters. The van der Waals surface area contributed by atoms with E-state index < -0.39 is 0 Å². The van der Waals surface area contributed by atoms with Gasteiger partial charge in [0, 0.05) is 56.9 Å². The SMILES string of the molecule is C1CCCCCCCCCCCCCCCCCCCCCCCCCCCC1.CO.CO.CO.CO.CO.CO.CO.CO. The summed E-state index contributed by atoms with van der Waals surface area (Å²) in [6, 6.07) is 0. The molecule has 0 saturated heterocycles. The summed E-state index contributed by atoms with van der Waals surface area (Å²) in [6.07, 6.45) is 43.5. The zero-order valence-electron chi connectivity index (χ0n) is 32.1. The van der Waals surface area contributed by atoms with Gasteiger partial charge in [-0.2, -0.15) is 0 Å². The van der Waals surface area contributed by atoms with Gasteiger partial charge in [0.2, 0.25) is 0 Å². The van der Waals surface area contributed by atoms with Crippen LogP contribution in [0.25, 0.3) is 0 Å². The van der Waals surface area contributed by atoms with Gasteiger partial charge >= 0.3 is 0 Å². The maximum atomic E-state index is 7.00. The van der Waals surface area contributed by atoms with Crippen molar-refractivity contribution in [2.24, 2.45) is 0 Å². The van der Waals surface area contributed by atoms with E-state index in [9.17, 15) is 0 Å². The van der Waals surface area contributed by atoms with Crippen LogP contribution in [-0.4, -0.2) is 97.7 Å². The molecule has 1 rings (SSSR count). The fourth-order valence-electron chi connectivity index (χ4n) is 5.13. The van der Waals surface area contributed by atoms with Crippen molar-refractivity contribution in [2.45, 2.75) is 186 Å². The molecule has 0 aliphatic heterocycles. The quantitative estimate of drug-likeness (QED) is 0.129. The van der Waals surface area contributed by atoms with Crippen LogP contribution < -0.4 is 0 Å². The van der Waals surface area contributed by atoms with Crippen LogP contribution in [0, 0.1) is 0 Å². The Bertz CT molecular complexity index is 171. The molecule has 0 heterocycles. The van der Waals surface area contributed by atoms with Crippen LogP contribution in [0.4, 0.5) is 0 Å². The minimum absolute atomic E-state index is 1.00. The molecule has 286 valence electrons. The van der Waals surface area contributed by atoms with Gasteiger partial charge in [0.15, 0.2) is 0 Å². The summed E-state index contributed by atoms with van der Waals surface area (Å²) in [5, 5.41) is 56.0. The number of hydrogen-bond donors (Lipinski definition) is 8. The Morgan fingerprint density at radius 2 is 0.133 bits per heavy atom. The molecular formula is C37H90O8. The summed E-state index contributed by atoms with van der Waals surface area (Å²) in [5.41, 5.74) is 0. The summed E-state index contributed by atoms with van der Waals surface area (Å²) in [6.45, 7) is 0. The predicted octanol–water partition coefficient (Wildman–Crippen LogP) is 8.18. The first kappa shape index (κ1) is 63.4. The van der Waals surface area contributed by atoms with Crippen molar-refractivity contribution >= 4 is 0 Å². The van der Waals surface area contributed by atoms with Gasteiger partial charge in [-0.3, -0.25) is 0 Å². The van der Waals surface area contributed by atoms with Crippen LogP contribution in [0.15, 0.2) is 0 Å². The highest BCUT2D eigenvalue weighted by Gasteiger charge is 1.97. The summed E-state index contributed by atoms with van der Waals surface area (Å²) < 4.78 is 0. The lowest BCUT2D eigenvalue weighted by atomic mass is 10.0. The summed E-state index contributed by atoms with van der Waals surface area (Å²) in [4.78, 5) is 0. The highest BCUT2D eigenvalue weighted by molar-refractivity contribution is 4.53. The number of aliphatic hydroxyl groups is 8. The van der Waals surface area contributed by atoms with Crippen molar-refractivity contribution in [3.05, 3.63) is 0 Å². The average Bonchev–Trinajstić information content (AvgIpc) is 3.15. The van der Waals surface area contributed by atoms with E-state index in [0.29, 0.717) is 0 Å². The molecule has 8 N–H and O–H groups in total. The van der Waals surface area contributed by atoms with Gasteiger partial charge in [-0.1, -0.05) is 186 Å². The fraction of sp³-hybridized carbons (Fsp3) is 1.00. The van der Waals surface area contributed by atoms with Crippen LogP contribution in [0.3, 0.4) is 0 Å². The van der Waals surface area contributed by atoms with Crippen LogP contribution in [0.1, 0.15) is 186 Å². The number of hydrogen-bond acceptors (Lipinski definition) is 8. The fourth-order valence-corrected chi connectivity index (χ4v) is 5.13. The van der Waals surface area contributed by atoms with Gasteiger partial charge in [-0.05, 0) is 0 Å². The second kappa shape index (κ2) is 96.7. The molecule has 0 aromatic carbocycles. The largest absolute Gasteiger partial charge is 0.400 e. The van der Waals surface area contributed by atoms with E-state index in [-0.39, 0.29) is 0 Å². The summed E-state index contributed by atoms with van der Waals surface area (Å²) in [7, 11) is 8.00. The Morgan fingerprint density at radius 1 is 0.111 bits per heavy atom. The van der Waals surface area contributed by atoms with Gasteiger partial charge in [-0.15, -0.1) is 0 Å². The first-order chi connectivity index (χ1) is 22.5. The van der Waals surface area contributed by atoms with E-state index in [1.54, 1.807) is 0 Å². The average molecular weight is 663 g/mol. The highest BCUT2D eigenvalue weighted by Crippen LogP contribution is 2.17. The van der Waals surface area contributed by atoms with E-state index in [1.165, 1.54) is 186 Å². The third-order valence-corrected chi connectivity index (χ3v) is 7.25.